The van der Waals surface area contributed by atoms with Crippen molar-refractivity contribution in [3.8, 4) is 0 Å². The molecule has 1 amide bonds. The van der Waals surface area contributed by atoms with Crippen molar-refractivity contribution in [2.75, 3.05) is 44.2 Å². The molecule has 0 N–H and O–H groups in total. The lowest BCUT2D eigenvalue weighted by molar-refractivity contribution is -0.137. The number of hydrogen-bond donors (Lipinski definition) is 0. The van der Waals surface area contributed by atoms with Crippen LogP contribution in [0.3, 0.4) is 0 Å². The molecule has 0 spiro atoms. The van der Waals surface area contributed by atoms with Crippen LogP contribution < -0.4 is 4.90 Å². The van der Waals surface area contributed by atoms with Gasteiger partial charge >= 0.3 is 0 Å². The lowest BCUT2D eigenvalue weighted by Gasteiger charge is -2.40. The third kappa shape index (κ3) is 3.97. The molecule has 1 fully saturated rings. The largest absolute Gasteiger partial charge is 0.353 e. The van der Waals surface area contributed by atoms with E-state index in [1.54, 1.807) is 17.7 Å². The molecule has 2 aromatic heterocycles. The zero-order valence-electron chi connectivity index (χ0n) is 17.0. The van der Waals surface area contributed by atoms with Gasteiger partial charge in [0.25, 0.3) is 0 Å². The highest BCUT2D eigenvalue weighted by atomic mass is 32.1. The average molecular weight is 410 g/mol. The number of likely N-dealkylation sites (N-methyl/N-ethyl adjacent to an activating group) is 1. The van der Waals surface area contributed by atoms with Crippen molar-refractivity contribution in [3.63, 3.8) is 0 Å². The number of anilines is 1. The van der Waals surface area contributed by atoms with Gasteiger partial charge in [0.15, 0.2) is 0 Å². The number of carbonyl (C=O) groups excluding carboxylic acids is 1. The van der Waals surface area contributed by atoms with E-state index in [4.69, 9.17) is 0 Å². The van der Waals surface area contributed by atoms with Crippen LogP contribution in [0, 0.1) is 0 Å². The van der Waals surface area contributed by atoms with Gasteiger partial charge in [-0.15, -0.1) is 11.3 Å². The summed E-state index contributed by atoms with van der Waals surface area (Å²) >= 11 is 1.64. The summed E-state index contributed by atoms with van der Waals surface area (Å²) in [7, 11) is 0. The van der Waals surface area contributed by atoms with Gasteiger partial charge in [-0.1, -0.05) is 30.3 Å². The Balaban J connectivity index is 1.55. The first-order chi connectivity index (χ1) is 14.2. The second kappa shape index (κ2) is 8.88. The molecule has 1 saturated heterocycles. The second-order valence-electron chi connectivity index (χ2n) is 7.18. The molecular formula is C22H27N5OS. The number of amides is 1. The van der Waals surface area contributed by atoms with Crippen molar-refractivity contribution < 1.29 is 4.79 Å². The van der Waals surface area contributed by atoms with Crippen molar-refractivity contribution in [3.05, 3.63) is 53.7 Å². The van der Waals surface area contributed by atoms with Crippen LogP contribution in [-0.4, -0.2) is 64.9 Å². The summed E-state index contributed by atoms with van der Waals surface area (Å²) in [6, 6.07) is 12.0. The van der Waals surface area contributed by atoms with E-state index in [1.165, 1.54) is 0 Å². The Morgan fingerprint density at radius 1 is 1.07 bits per heavy atom. The number of rotatable bonds is 6. The number of piperazine rings is 1. The topological polar surface area (TPSA) is 52.6 Å². The van der Waals surface area contributed by atoms with E-state index in [0.29, 0.717) is 0 Å². The van der Waals surface area contributed by atoms with Crippen molar-refractivity contribution in [1.82, 2.24) is 19.8 Å². The maximum absolute atomic E-state index is 13.3. The number of hydrogen-bond acceptors (Lipinski definition) is 6. The standard InChI is InChI=1S/C22H27N5OS/c1-3-25(4-2)22(28)19(17-8-6-5-7-9-17)26-11-13-27(14-12-26)20-18-10-15-29-21(18)24-16-23-20/h5-10,15-16,19H,3-4,11-14H2,1-2H3. The SMILES string of the molecule is CCN(CC)C(=O)C(c1ccccc1)N1CCN(c2ncnc3sccc23)CC1. The smallest absolute Gasteiger partial charge is 0.244 e. The highest BCUT2D eigenvalue weighted by molar-refractivity contribution is 7.16. The summed E-state index contributed by atoms with van der Waals surface area (Å²) in [5, 5.41) is 3.18. The quantitative estimate of drug-likeness (QED) is 0.624. The summed E-state index contributed by atoms with van der Waals surface area (Å²) in [6.07, 6.45) is 1.65. The molecular weight excluding hydrogens is 382 g/mol. The third-order valence-electron chi connectivity index (χ3n) is 5.64. The predicted molar refractivity (Wildman–Crippen MR) is 118 cm³/mol. The zero-order valence-corrected chi connectivity index (χ0v) is 17.8. The summed E-state index contributed by atoms with van der Waals surface area (Å²) < 4.78 is 0. The Morgan fingerprint density at radius 3 is 2.48 bits per heavy atom. The Kier molecular flexibility index (Phi) is 6.06. The van der Waals surface area contributed by atoms with Gasteiger partial charge in [-0.3, -0.25) is 9.69 Å². The van der Waals surface area contributed by atoms with E-state index >= 15 is 0 Å². The number of aromatic nitrogens is 2. The van der Waals surface area contributed by atoms with Crippen molar-refractivity contribution in [2.45, 2.75) is 19.9 Å². The summed E-state index contributed by atoms with van der Waals surface area (Å²) in [4.78, 5) is 29.9. The Bertz CT molecular complexity index is 948. The molecule has 1 atom stereocenters. The lowest BCUT2D eigenvalue weighted by Crippen LogP contribution is -2.52. The third-order valence-corrected chi connectivity index (χ3v) is 6.46. The van der Waals surface area contributed by atoms with Gasteiger partial charge in [-0.25, -0.2) is 9.97 Å². The number of thiophene rings is 1. The maximum atomic E-state index is 13.3. The van der Waals surface area contributed by atoms with Crippen LogP contribution in [0.4, 0.5) is 5.82 Å². The Hall–Kier alpha value is -2.51. The van der Waals surface area contributed by atoms with E-state index in [-0.39, 0.29) is 11.9 Å². The molecule has 1 unspecified atom stereocenters. The monoisotopic (exact) mass is 409 g/mol. The molecule has 1 aromatic carbocycles. The van der Waals surface area contributed by atoms with Gasteiger partial charge in [0, 0.05) is 39.3 Å². The fraction of sp³-hybridized carbons (Fsp3) is 0.409. The minimum atomic E-state index is -0.232. The molecule has 0 aliphatic carbocycles. The molecule has 1 aliphatic heterocycles. The molecule has 6 nitrogen and oxygen atoms in total. The molecule has 4 rings (SSSR count). The van der Waals surface area contributed by atoms with E-state index < -0.39 is 0 Å². The highest BCUT2D eigenvalue weighted by Gasteiger charge is 2.33. The first kappa shape index (κ1) is 19.8. The predicted octanol–water partition coefficient (Wildman–Crippen LogP) is 3.42. The molecule has 0 saturated carbocycles. The maximum Gasteiger partial charge on any atom is 0.244 e. The van der Waals surface area contributed by atoms with Gasteiger partial charge in [0.05, 0.1) is 5.39 Å². The van der Waals surface area contributed by atoms with Gasteiger partial charge < -0.3 is 9.80 Å². The minimum Gasteiger partial charge on any atom is -0.353 e. The van der Waals surface area contributed by atoms with Crippen LogP contribution >= 0.6 is 11.3 Å². The van der Waals surface area contributed by atoms with Crippen LogP contribution in [0.25, 0.3) is 10.2 Å². The van der Waals surface area contributed by atoms with E-state index in [9.17, 15) is 4.79 Å². The number of benzene rings is 1. The van der Waals surface area contributed by atoms with E-state index in [0.717, 1.165) is 60.9 Å². The molecule has 3 aromatic rings. The first-order valence-electron chi connectivity index (χ1n) is 10.2. The van der Waals surface area contributed by atoms with Crippen LogP contribution in [-0.2, 0) is 4.79 Å². The number of carbonyl (C=O) groups is 1. The minimum absolute atomic E-state index is 0.192. The molecule has 29 heavy (non-hydrogen) atoms. The zero-order chi connectivity index (χ0) is 20.2. The molecule has 3 heterocycles. The first-order valence-corrected chi connectivity index (χ1v) is 11.1. The van der Waals surface area contributed by atoms with Gasteiger partial charge in [0.1, 0.15) is 23.0 Å². The Labute approximate surface area is 175 Å². The van der Waals surface area contributed by atoms with Crippen LogP contribution in [0.15, 0.2) is 48.1 Å². The summed E-state index contributed by atoms with van der Waals surface area (Å²) in [5.41, 5.74) is 1.07. The molecule has 7 heteroatoms. The van der Waals surface area contributed by atoms with Gasteiger partial charge in [-0.2, -0.15) is 0 Å². The number of fused-ring (bicyclic) bond motifs is 1. The molecule has 0 bridgehead atoms. The normalized spacial score (nSPS) is 16.1. The lowest BCUT2D eigenvalue weighted by atomic mass is 10.0. The van der Waals surface area contributed by atoms with E-state index in [1.807, 2.05) is 36.9 Å². The fourth-order valence-electron chi connectivity index (χ4n) is 4.07. The van der Waals surface area contributed by atoms with Crippen molar-refractivity contribution in [1.29, 1.82) is 0 Å². The van der Waals surface area contributed by atoms with E-state index in [2.05, 4.69) is 43.3 Å². The Morgan fingerprint density at radius 2 is 1.79 bits per heavy atom. The average Bonchev–Trinajstić information content (AvgIpc) is 3.25. The summed E-state index contributed by atoms with van der Waals surface area (Å²) in [6.45, 7) is 8.88. The van der Waals surface area contributed by atoms with Crippen molar-refractivity contribution in [2.24, 2.45) is 0 Å². The number of nitrogens with zero attached hydrogens (tertiary/aromatic N) is 5. The second-order valence-corrected chi connectivity index (χ2v) is 8.08. The molecule has 1 aliphatic rings. The van der Waals surface area contributed by atoms with Crippen LogP contribution in [0.5, 0.6) is 0 Å². The fourth-order valence-corrected chi connectivity index (χ4v) is 4.80. The molecule has 152 valence electrons. The highest BCUT2D eigenvalue weighted by Crippen LogP contribution is 2.30. The van der Waals surface area contributed by atoms with Crippen molar-refractivity contribution >= 4 is 33.3 Å². The summed E-state index contributed by atoms with van der Waals surface area (Å²) in [5.74, 6) is 1.19. The van der Waals surface area contributed by atoms with Crippen LogP contribution in [0.1, 0.15) is 25.5 Å². The van der Waals surface area contributed by atoms with Crippen LogP contribution in [0.2, 0.25) is 0 Å². The van der Waals surface area contributed by atoms with Gasteiger partial charge in [-0.05, 0) is 30.9 Å². The van der Waals surface area contributed by atoms with Gasteiger partial charge in [0.2, 0.25) is 5.91 Å². The molecule has 0 radical (unpaired) electrons.